The summed E-state index contributed by atoms with van der Waals surface area (Å²) >= 11 is 0. The molecule has 0 aromatic heterocycles. The smallest absolute Gasteiger partial charge is 0.410 e. The summed E-state index contributed by atoms with van der Waals surface area (Å²) < 4.78 is 5.07. The third-order valence-electron chi connectivity index (χ3n) is 3.59. The van der Waals surface area contributed by atoms with E-state index in [-0.39, 0.29) is 18.2 Å². The molecule has 5 heteroatoms. The minimum absolute atomic E-state index is 0.0737. The normalized spacial score (nSPS) is 31.5. The first-order chi connectivity index (χ1) is 7.63. The Balaban J connectivity index is 2.00. The topological polar surface area (TPSA) is 58.8 Å². The van der Waals surface area contributed by atoms with Gasteiger partial charge in [0.1, 0.15) is 6.61 Å². The number of nitrogens with two attached hydrogens (primary N) is 1. The third-order valence-corrected chi connectivity index (χ3v) is 3.59. The maximum Gasteiger partial charge on any atom is 0.410 e. The van der Waals surface area contributed by atoms with Crippen LogP contribution < -0.4 is 5.73 Å². The molecule has 16 heavy (non-hydrogen) atoms. The second-order valence-corrected chi connectivity index (χ2v) is 4.90. The standard InChI is InChI=1S/C11H21N3O2/c1-8(2)13-4-3-9(6-13)14-10(5-12)7-16-11(14)15/h8-10H,3-7,12H2,1-2H3. The van der Waals surface area contributed by atoms with E-state index in [2.05, 4.69) is 18.7 Å². The third kappa shape index (κ3) is 2.01. The highest BCUT2D eigenvalue weighted by Gasteiger charge is 2.40. The molecule has 0 spiro atoms. The van der Waals surface area contributed by atoms with Crippen molar-refractivity contribution in [3.05, 3.63) is 0 Å². The summed E-state index contributed by atoms with van der Waals surface area (Å²) in [6.07, 6.45) is 0.843. The van der Waals surface area contributed by atoms with Crippen LogP contribution in [-0.4, -0.2) is 60.3 Å². The lowest BCUT2D eigenvalue weighted by atomic mass is 10.2. The Labute approximate surface area is 96.5 Å². The largest absolute Gasteiger partial charge is 0.447 e. The summed E-state index contributed by atoms with van der Waals surface area (Å²) in [4.78, 5) is 15.9. The molecule has 2 atom stereocenters. The molecule has 2 aliphatic rings. The Kier molecular flexibility index (Phi) is 3.35. The lowest BCUT2D eigenvalue weighted by Crippen LogP contribution is -2.47. The van der Waals surface area contributed by atoms with Crippen molar-refractivity contribution in [2.24, 2.45) is 5.73 Å². The fourth-order valence-corrected chi connectivity index (χ4v) is 2.56. The second-order valence-electron chi connectivity index (χ2n) is 4.90. The molecule has 0 saturated carbocycles. The molecule has 2 fully saturated rings. The first-order valence-electron chi connectivity index (χ1n) is 6.02. The van der Waals surface area contributed by atoms with E-state index >= 15 is 0 Å². The van der Waals surface area contributed by atoms with Crippen molar-refractivity contribution < 1.29 is 9.53 Å². The van der Waals surface area contributed by atoms with E-state index in [9.17, 15) is 4.79 Å². The number of amides is 1. The van der Waals surface area contributed by atoms with E-state index in [1.165, 1.54) is 0 Å². The van der Waals surface area contributed by atoms with Crippen LogP contribution >= 0.6 is 0 Å². The lowest BCUT2D eigenvalue weighted by molar-refractivity contribution is 0.142. The predicted molar refractivity (Wildman–Crippen MR) is 61.1 cm³/mol. The van der Waals surface area contributed by atoms with Crippen LogP contribution in [0.2, 0.25) is 0 Å². The lowest BCUT2D eigenvalue weighted by Gasteiger charge is -2.27. The molecule has 2 rings (SSSR count). The summed E-state index contributed by atoms with van der Waals surface area (Å²) in [5.74, 6) is 0. The van der Waals surface area contributed by atoms with E-state index in [0.717, 1.165) is 19.5 Å². The summed E-state index contributed by atoms with van der Waals surface area (Å²) in [5, 5.41) is 0. The number of rotatable bonds is 3. The fraction of sp³-hybridized carbons (Fsp3) is 0.909. The van der Waals surface area contributed by atoms with Crippen LogP contribution in [0.25, 0.3) is 0 Å². The van der Waals surface area contributed by atoms with Gasteiger partial charge in [0, 0.05) is 31.7 Å². The van der Waals surface area contributed by atoms with Crippen LogP contribution in [0.4, 0.5) is 4.79 Å². The summed E-state index contributed by atoms with van der Waals surface area (Å²) in [6.45, 7) is 7.32. The molecule has 0 aromatic carbocycles. The molecule has 2 heterocycles. The van der Waals surface area contributed by atoms with Gasteiger partial charge < -0.3 is 10.5 Å². The Morgan fingerprint density at radius 1 is 1.56 bits per heavy atom. The van der Waals surface area contributed by atoms with Gasteiger partial charge in [-0.25, -0.2) is 4.79 Å². The van der Waals surface area contributed by atoms with Crippen LogP contribution in [0.1, 0.15) is 20.3 Å². The van der Waals surface area contributed by atoms with Crippen LogP contribution in [0, 0.1) is 0 Å². The summed E-state index contributed by atoms with van der Waals surface area (Å²) in [6, 6.07) is 0.899. The molecular weight excluding hydrogens is 206 g/mol. The zero-order valence-electron chi connectivity index (χ0n) is 10.1. The summed E-state index contributed by atoms with van der Waals surface area (Å²) in [5.41, 5.74) is 5.66. The number of hydrogen-bond donors (Lipinski definition) is 1. The van der Waals surface area contributed by atoms with E-state index in [0.29, 0.717) is 19.2 Å². The first-order valence-corrected chi connectivity index (χ1v) is 6.02. The quantitative estimate of drug-likeness (QED) is 0.751. The second kappa shape index (κ2) is 4.59. The SMILES string of the molecule is CC(C)N1CCC(N2C(=O)OCC2CN)C1. The molecule has 2 aliphatic heterocycles. The molecule has 2 saturated heterocycles. The minimum atomic E-state index is -0.189. The van der Waals surface area contributed by atoms with Gasteiger partial charge in [-0.2, -0.15) is 0 Å². The maximum atomic E-state index is 11.6. The average Bonchev–Trinajstić information content (AvgIpc) is 2.83. The molecule has 0 radical (unpaired) electrons. The Bertz CT molecular complexity index is 270. The van der Waals surface area contributed by atoms with E-state index in [4.69, 9.17) is 10.5 Å². The number of cyclic esters (lactones) is 1. The van der Waals surface area contributed by atoms with Crippen LogP contribution in [-0.2, 0) is 4.74 Å². The van der Waals surface area contributed by atoms with E-state index < -0.39 is 0 Å². The Morgan fingerprint density at radius 3 is 2.88 bits per heavy atom. The zero-order valence-corrected chi connectivity index (χ0v) is 10.1. The van der Waals surface area contributed by atoms with Crippen molar-refractivity contribution in [3.8, 4) is 0 Å². The number of likely N-dealkylation sites (tertiary alicyclic amines) is 1. The fourth-order valence-electron chi connectivity index (χ4n) is 2.56. The van der Waals surface area contributed by atoms with Crippen molar-refractivity contribution in [3.63, 3.8) is 0 Å². The maximum absolute atomic E-state index is 11.6. The number of carbonyl (C=O) groups is 1. The van der Waals surface area contributed by atoms with Gasteiger partial charge in [0.2, 0.25) is 0 Å². The molecule has 0 bridgehead atoms. The Hall–Kier alpha value is -0.810. The van der Waals surface area contributed by atoms with Gasteiger partial charge in [-0.15, -0.1) is 0 Å². The summed E-state index contributed by atoms with van der Waals surface area (Å²) in [7, 11) is 0. The highest BCUT2D eigenvalue weighted by atomic mass is 16.6. The molecule has 5 nitrogen and oxygen atoms in total. The van der Waals surface area contributed by atoms with Crippen molar-refractivity contribution >= 4 is 6.09 Å². The Morgan fingerprint density at radius 2 is 2.31 bits per heavy atom. The van der Waals surface area contributed by atoms with Crippen LogP contribution in [0.3, 0.4) is 0 Å². The first kappa shape index (κ1) is 11.7. The molecule has 0 aromatic rings. The van der Waals surface area contributed by atoms with Crippen molar-refractivity contribution in [1.29, 1.82) is 0 Å². The van der Waals surface area contributed by atoms with Gasteiger partial charge in [0.15, 0.2) is 0 Å². The van der Waals surface area contributed by atoms with Gasteiger partial charge in [-0.1, -0.05) is 0 Å². The van der Waals surface area contributed by atoms with Gasteiger partial charge >= 0.3 is 6.09 Å². The van der Waals surface area contributed by atoms with E-state index in [1.807, 2.05) is 4.90 Å². The van der Waals surface area contributed by atoms with Gasteiger partial charge in [-0.3, -0.25) is 9.80 Å². The highest BCUT2D eigenvalue weighted by Crippen LogP contribution is 2.23. The average molecular weight is 227 g/mol. The van der Waals surface area contributed by atoms with Gasteiger partial charge in [0.05, 0.1) is 6.04 Å². The van der Waals surface area contributed by atoms with E-state index in [1.54, 1.807) is 0 Å². The number of nitrogens with zero attached hydrogens (tertiary/aromatic N) is 2. The van der Waals surface area contributed by atoms with Crippen molar-refractivity contribution in [1.82, 2.24) is 9.80 Å². The van der Waals surface area contributed by atoms with Crippen molar-refractivity contribution in [2.75, 3.05) is 26.2 Å². The molecule has 0 aliphatic carbocycles. The van der Waals surface area contributed by atoms with Crippen LogP contribution in [0.15, 0.2) is 0 Å². The zero-order chi connectivity index (χ0) is 11.7. The monoisotopic (exact) mass is 227 g/mol. The van der Waals surface area contributed by atoms with Gasteiger partial charge in [0.25, 0.3) is 0 Å². The minimum Gasteiger partial charge on any atom is -0.447 e. The predicted octanol–water partition coefficient (Wildman–Crippen LogP) is 0.249. The van der Waals surface area contributed by atoms with Gasteiger partial charge in [-0.05, 0) is 20.3 Å². The number of ether oxygens (including phenoxy) is 1. The highest BCUT2D eigenvalue weighted by molar-refractivity contribution is 5.70. The molecular formula is C11H21N3O2. The molecule has 2 N–H and O–H groups in total. The number of hydrogen-bond acceptors (Lipinski definition) is 4. The molecule has 2 unspecified atom stereocenters. The van der Waals surface area contributed by atoms with Crippen LogP contribution in [0.5, 0.6) is 0 Å². The number of carbonyl (C=O) groups excluding carboxylic acids is 1. The molecule has 92 valence electrons. The molecule has 1 amide bonds. The van der Waals surface area contributed by atoms with Crippen molar-refractivity contribution in [2.45, 2.75) is 38.4 Å².